The van der Waals surface area contributed by atoms with Crippen LogP contribution in [0.25, 0.3) is 0 Å². The Hall–Kier alpha value is -2.08. The number of halogens is 2. The fourth-order valence-electron chi connectivity index (χ4n) is 2.65. The molecule has 0 aromatic heterocycles. The van der Waals surface area contributed by atoms with Crippen molar-refractivity contribution in [1.29, 1.82) is 0 Å². The number of quaternary nitrogens is 1. The van der Waals surface area contributed by atoms with E-state index in [9.17, 15) is 9.59 Å². The SMILES string of the molecule is CC[NH+](CC(=O)Nc1ccc(Cl)cc1C)CC(=O)Nc1cc(Cl)ccc1C. The van der Waals surface area contributed by atoms with E-state index < -0.39 is 0 Å². The van der Waals surface area contributed by atoms with E-state index in [0.29, 0.717) is 22.3 Å². The minimum Gasteiger partial charge on any atom is -0.321 e. The van der Waals surface area contributed by atoms with Crippen LogP contribution >= 0.6 is 23.2 Å². The second kappa shape index (κ2) is 9.74. The molecule has 1 atom stereocenters. The van der Waals surface area contributed by atoms with Crippen LogP contribution in [0, 0.1) is 13.8 Å². The summed E-state index contributed by atoms with van der Waals surface area (Å²) in [6, 6.07) is 10.6. The lowest BCUT2D eigenvalue weighted by Crippen LogP contribution is -3.13. The largest absolute Gasteiger partial charge is 0.321 e. The molecule has 0 bridgehead atoms. The van der Waals surface area contributed by atoms with Crippen LogP contribution in [0.5, 0.6) is 0 Å². The Morgan fingerprint density at radius 3 is 2.00 bits per heavy atom. The van der Waals surface area contributed by atoms with Gasteiger partial charge in [0.15, 0.2) is 13.1 Å². The Morgan fingerprint density at radius 2 is 1.41 bits per heavy atom. The first-order chi connectivity index (χ1) is 12.8. The molecule has 2 rings (SSSR count). The Bertz CT molecular complexity index is 840. The number of nitrogens with one attached hydrogen (secondary N) is 3. The van der Waals surface area contributed by atoms with Crippen molar-refractivity contribution in [2.45, 2.75) is 20.8 Å². The third kappa shape index (κ3) is 6.54. The summed E-state index contributed by atoms with van der Waals surface area (Å²) in [5, 5.41) is 6.93. The number of hydrogen-bond donors (Lipinski definition) is 3. The molecule has 0 saturated carbocycles. The molecule has 0 heterocycles. The fraction of sp³-hybridized carbons (Fsp3) is 0.300. The zero-order valence-electron chi connectivity index (χ0n) is 15.7. The molecule has 1 unspecified atom stereocenters. The number of likely N-dealkylation sites (N-methyl/N-ethyl adjacent to an activating group) is 1. The number of amides is 2. The molecule has 5 nitrogen and oxygen atoms in total. The van der Waals surface area contributed by atoms with Gasteiger partial charge in [0.25, 0.3) is 11.8 Å². The van der Waals surface area contributed by atoms with Gasteiger partial charge < -0.3 is 15.5 Å². The summed E-state index contributed by atoms with van der Waals surface area (Å²) < 4.78 is 0. The van der Waals surface area contributed by atoms with E-state index in [1.54, 1.807) is 30.3 Å². The van der Waals surface area contributed by atoms with Gasteiger partial charge >= 0.3 is 0 Å². The number of carbonyl (C=O) groups excluding carboxylic acids is 2. The summed E-state index contributed by atoms with van der Waals surface area (Å²) in [6.45, 7) is 6.75. The molecular formula is C20H24Cl2N3O2+. The van der Waals surface area contributed by atoms with Crippen LogP contribution in [0.2, 0.25) is 10.0 Å². The van der Waals surface area contributed by atoms with Crippen LogP contribution in [0.1, 0.15) is 18.1 Å². The molecule has 7 heteroatoms. The fourth-order valence-corrected chi connectivity index (χ4v) is 3.05. The second-order valence-corrected chi connectivity index (χ2v) is 7.34. The zero-order valence-corrected chi connectivity index (χ0v) is 17.2. The van der Waals surface area contributed by atoms with Crippen molar-refractivity contribution in [3.8, 4) is 0 Å². The summed E-state index contributed by atoms with van der Waals surface area (Å²) in [5.41, 5.74) is 3.23. The van der Waals surface area contributed by atoms with Crippen LogP contribution in [0.3, 0.4) is 0 Å². The number of carbonyl (C=O) groups is 2. The molecular weight excluding hydrogens is 385 g/mol. The second-order valence-electron chi connectivity index (χ2n) is 6.47. The number of hydrogen-bond acceptors (Lipinski definition) is 2. The number of rotatable bonds is 7. The molecule has 0 fully saturated rings. The Labute approximate surface area is 169 Å². The highest BCUT2D eigenvalue weighted by Gasteiger charge is 2.18. The van der Waals surface area contributed by atoms with Gasteiger partial charge in [-0.3, -0.25) is 9.59 Å². The zero-order chi connectivity index (χ0) is 20.0. The van der Waals surface area contributed by atoms with Gasteiger partial charge in [0.2, 0.25) is 0 Å². The maximum absolute atomic E-state index is 12.4. The number of benzene rings is 2. The van der Waals surface area contributed by atoms with Gasteiger partial charge in [0.1, 0.15) is 0 Å². The molecule has 3 N–H and O–H groups in total. The van der Waals surface area contributed by atoms with Gasteiger partial charge in [-0.2, -0.15) is 0 Å². The first kappa shape index (κ1) is 21.2. The maximum Gasteiger partial charge on any atom is 0.279 e. The van der Waals surface area contributed by atoms with Crippen LogP contribution < -0.4 is 15.5 Å². The maximum atomic E-state index is 12.4. The highest BCUT2D eigenvalue weighted by molar-refractivity contribution is 6.31. The van der Waals surface area contributed by atoms with Crippen molar-refractivity contribution in [2.24, 2.45) is 0 Å². The molecule has 0 saturated heterocycles. The minimum atomic E-state index is -0.160. The lowest BCUT2D eigenvalue weighted by molar-refractivity contribution is -0.881. The summed E-state index contributed by atoms with van der Waals surface area (Å²) in [5.74, 6) is -0.309. The van der Waals surface area contributed by atoms with Crippen molar-refractivity contribution < 1.29 is 14.5 Å². The van der Waals surface area contributed by atoms with E-state index in [2.05, 4.69) is 10.6 Å². The van der Waals surface area contributed by atoms with Crippen LogP contribution in [-0.2, 0) is 9.59 Å². The predicted octanol–water partition coefficient (Wildman–Crippen LogP) is 3.09. The van der Waals surface area contributed by atoms with E-state index in [-0.39, 0.29) is 24.9 Å². The summed E-state index contributed by atoms with van der Waals surface area (Å²) in [7, 11) is 0. The Balaban J connectivity index is 1.93. The van der Waals surface area contributed by atoms with Crippen molar-refractivity contribution in [2.75, 3.05) is 30.3 Å². The smallest absolute Gasteiger partial charge is 0.279 e. The average molecular weight is 409 g/mol. The topological polar surface area (TPSA) is 62.6 Å². The quantitative estimate of drug-likeness (QED) is 0.658. The van der Waals surface area contributed by atoms with Gasteiger partial charge in [-0.25, -0.2) is 0 Å². The molecule has 27 heavy (non-hydrogen) atoms. The van der Waals surface area contributed by atoms with Gasteiger partial charge in [-0.1, -0.05) is 29.3 Å². The van der Waals surface area contributed by atoms with E-state index >= 15 is 0 Å². The van der Waals surface area contributed by atoms with E-state index in [0.717, 1.165) is 21.7 Å². The molecule has 0 spiro atoms. The monoisotopic (exact) mass is 408 g/mol. The summed E-state index contributed by atoms with van der Waals surface area (Å²) >= 11 is 11.9. The number of anilines is 2. The first-order valence-corrected chi connectivity index (χ1v) is 9.49. The molecule has 2 aromatic rings. The highest BCUT2D eigenvalue weighted by atomic mass is 35.5. The van der Waals surface area contributed by atoms with Gasteiger partial charge in [-0.05, 0) is 62.2 Å². The average Bonchev–Trinajstić information content (AvgIpc) is 2.60. The Kier molecular flexibility index (Phi) is 7.66. The van der Waals surface area contributed by atoms with Crippen molar-refractivity contribution in [3.05, 3.63) is 57.6 Å². The first-order valence-electron chi connectivity index (χ1n) is 8.74. The molecule has 0 aliphatic carbocycles. The summed E-state index contributed by atoms with van der Waals surface area (Å²) in [6.07, 6.45) is 0. The van der Waals surface area contributed by atoms with Crippen LogP contribution in [0.15, 0.2) is 36.4 Å². The van der Waals surface area contributed by atoms with Crippen molar-refractivity contribution in [1.82, 2.24) is 0 Å². The van der Waals surface area contributed by atoms with Crippen LogP contribution in [-0.4, -0.2) is 31.4 Å². The van der Waals surface area contributed by atoms with Crippen LogP contribution in [0.4, 0.5) is 11.4 Å². The Morgan fingerprint density at radius 1 is 0.852 bits per heavy atom. The lowest BCUT2D eigenvalue weighted by atomic mass is 10.2. The van der Waals surface area contributed by atoms with Gasteiger partial charge in [0, 0.05) is 21.4 Å². The minimum absolute atomic E-state index is 0.149. The van der Waals surface area contributed by atoms with Crippen molar-refractivity contribution in [3.63, 3.8) is 0 Å². The van der Waals surface area contributed by atoms with Gasteiger partial charge in [-0.15, -0.1) is 0 Å². The molecule has 0 aliphatic heterocycles. The van der Waals surface area contributed by atoms with E-state index in [4.69, 9.17) is 23.2 Å². The third-order valence-electron chi connectivity index (χ3n) is 4.26. The predicted molar refractivity (Wildman–Crippen MR) is 111 cm³/mol. The molecule has 144 valence electrons. The van der Waals surface area contributed by atoms with Gasteiger partial charge in [0.05, 0.1) is 6.54 Å². The van der Waals surface area contributed by atoms with E-state index in [1.165, 1.54) is 0 Å². The molecule has 2 aromatic carbocycles. The third-order valence-corrected chi connectivity index (χ3v) is 4.73. The van der Waals surface area contributed by atoms with Crippen molar-refractivity contribution >= 4 is 46.4 Å². The molecule has 2 amide bonds. The standard InChI is InChI=1S/C20H23Cl2N3O2/c1-4-25(11-19(26)23-17-8-7-15(21)9-14(17)3)12-20(27)24-18-10-16(22)6-5-13(18)2/h5-10H,4,11-12H2,1-3H3,(H,23,26)(H,24,27)/p+1. The molecule has 0 radical (unpaired) electrons. The molecule has 0 aliphatic rings. The lowest BCUT2D eigenvalue weighted by Gasteiger charge is -2.18. The normalized spacial score (nSPS) is 11.7. The summed E-state index contributed by atoms with van der Waals surface area (Å²) in [4.78, 5) is 25.6. The number of aryl methyl sites for hydroxylation is 2. The van der Waals surface area contributed by atoms with E-state index in [1.807, 2.05) is 26.8 Å². The highest BCUT2D eigenvalue weighted by Crippen LogP contribution is 2.20.